The molecule has 2 heterocycles. The first kappa shape index (κ1) is 11.2. The number of amides is 2. The third kappa shape index (κ3) is 1.50. The average molecular weight is 245 g/mol. The Bertz CT molecular complexity index is 480. The van der Waals surface area contributed by atoms with Crippen molar-refractivity contribution in [2.75, 3.05) is 0 Å². The number of fused-ring (bicyclic) bond motifs is 1. The molecular weight excluding hydrogens is 230 g/mol. The number of hydrogen-bond acceptors (Lipinski definition) is 3. The van der Waals surface area contributed by atoms with E-state index < -0.39 is 0 Å². The van der Waals surface area contributed by atoms with E-state index in [-0.39, 0.29) is 29.7 Å². The molecule has 18 heavy (non-hydrogen) atoms. The standard InChI is InChI=1S/C13H15N3O2/c1-8(9-6-14-15-7-9)16-12(17)10-4-2-3-5-11(10)13(16)18/h2-3,6-8,10-11H,4-5H2,1H3,(H,14,15)/t8?,10-,11+. The van der Waals surface area contributed by atoms with Gasteiger partial charge in [-0.05, 0) is 19.8 Å². The summed E-state index contributed by atoms with van der Waals surface area (Å²) in [5, 5.41) is 6.58. The first-order valence-corrected chi connectivity index (χ1v) is 6.20. The zero-order chi connectivity index (χ0) is 12.7. The summed E-state index contributed by atoms with van der Waals surface area (Å²) in [7, 11) is 0. The first-order valence-electron chi connectivity index (χ1n) is 6.20. The third-order valence-electron chi connectivity index (χ3n) is 3.93. The van der Waals surface area contributed by atoms with Crippen LogP contribution in [0, 0.1) is 11.8 Å². The van der Waals surface area contributed by atoms with Gasteiger partial charge in [-0.2, -0.15) is 5.10 Å². The Labute approximate surface area is 105 Å². The summed E-state index contributed by atoms with van der Waals surface area (Å²) in [6.45, 7) is 1.87. The van der Waals surface area contributed by atoms with Gasteiger partial charge >= 0.3 is 0 Å². The van der Waals surface area contributed by atoms with E-state index in [0.29, 0.717) is 12.8 Å². The minimum absolute atomic E-state index is 0.0388. The van der Waals surface area contributed by atoms with Crippen LogP contribution in [0.15, 0.2) is 24.5 Å². The van der Waals surface area contributed by atoms with E-state index in [1.54, 1.807) is 12.4 Å². The second-order valence-electron chi connectivity index (χ2n) is 4.91. The zero-order valence-corrected chi connectivity index (χ0v) is 10.2. The van der Waals surface area contributed by atoms with Gasteiger partial charge in [0.05, 0.1) is 24.1 Å². The molecule has 0 bridgehead atoms. The van der Waals surface area contributed by atoms with Gasteiger partial charge in [0.2, 0.25) is 11.8 Å². The van der Waals surface area contributed by atoms with E-state index in [0.717, 1.165) is 5.56 Å². The molecular formula is C13H15N3O2. The lowest BCUT2D eigenvalue weighted by atomic mass is 9.85. The molecule has 0 aromatic carbocycles. The highest BCUT2D eigenvalue weighted by Gasteiger charge is 2.49. The van der Waals surface area contributed by atoms with Crippen LogP contribution in [-0.2, 0) is 9.59 Å². The molecule has 3 atom stereocenters. The quantitative estimate of drug-likeness (QED) is 0.633. The number of carbonyl (C=O) groups excluding carboxylic acids is 2. The molecule has 1 unspecified atom stereocenters. The van der Waals surface area contributed by atoms with Crippen LogP contribution in [0.5, 0.6) is 0 Å². The minimum Gasteiger partial charge on any atom is -0.285 e. The van der Waals surface area contributed by atoms with E-state index in [1.165, 1.54) is 4.90 Å². The number of H-pyrrole nitrogens is 1. The molecule has 1 aliphatic heterocycles. The molecule has 2 amide bonds. The van der Waals surface area contributed by atoms with Crippen LogP contribution in [-0.4, -0.2) is 26.9 Å². The van der Waals surface area contributed by atoms with Gasteiger partial charge in [-0.1, -0.05) is 12.2 Å². The van der Waals surface area contributed by atoms with Crippen molar-refractivity contribution in [1.82, 2.24) is 15.1 Å². The lowest BCUT2D eigenvalue weighted by Gasteiger charge is -2.21. The molecule has 5 nitrogen and oxygen atoms in total. The molecule has 5 heteroatoms. The Hall–Kier alpha value is -1.91. The first-order chi connectivity index (χ1) is 8.70. The number of likely N-dealkylation sites (tertiary alicyclic amines) is 1. The van der Waals surface area contributed by atoms with Gasteiger partial charge < -0.3 is 0 Å². The molecule has 94 valence electrons. The summed E-state index contributed by atoms with van der Waals surface area (Å²) >= 11 is 0. The van der Waals surface area contributed by atoms with Gasteiger partial charge in [0, 0.05) is 11.8 Å². The predicted molar refractivity (Wildman–Crippen MR) is 64.2 cm³/mol. The Morgan fingerprint density at radius 3 is 2.39 bits per heavy atom. The van der Waals surface area contributed by atoms with Crippen molar-refractivity contribution < 1.29 is 9.59 Å². The Kier molecular flexibility index (Phi) is 2.54. The van der Waals surface area contributed by atoms with Gasteiger partial charge in [-0.15, -0.1) is 0 Å². The molecule has 0 radical (unpaired) electrons. The number of nitrogens with zero attached hydrogens (tertiary/aromatic N) is 2. The summed E-state index contributed by atoms with van der Waals surface area (Å²) < 4.78 is 0. The van der Waals surface area contributed by atoms with Crippen LogP contribution in [0.1, 0.15) is 31.4 Å². The maximum Gasteiger partial charge on any atom is 0.233 e. The van der Waals surface area contributed by atoms with E-state index in [2.05, 4.69) is 10.2 Å². The van der Waals surface area contributed by atoms with Gasteiger partial charge in [0.1, 0.15) is 0 Å². The molecule has 1 N–H and O–H groups in total. The van der Waals surface area contributed by atoms with E-state index in [9.17, 15) is 9.59 Å². The second-order valence-corrected chi connectivity index (χ2v) is 4.91. The SMILES string of the molecule is CC(c1cn[nH]c1)N1C(=O)[C@H]2CC=CC[C@H]2C1=O. The van der Waals surface area contributed by atoms with Crippen molar-refractivity contribution in [1.29, 1.82) is 0 Å². The van der Waals surface area contributed by atoms with Crippen molar-refractivity contribution in [3.8, 4) is 0 Å². The van der Waals surface area contributed by atoms with Crippen LogP contribution in [0.3, 0.4) is 0 Å². The normalized spacial score (nSPS) is 28.6. The number of aromatic amines is 1. The second kappa shape index (κ2) is 4.08. The minimum atomic E-state index is -0.241. The smallest absolute Gasteiger partial charge is 0.233 e. The number of allylic oxidation sites excluding steroid dienone is 2. The maximum absolute atomic E-state index is 12.3. The predicted octanol–water partition coefficient (Wildman–Crippen LogP) is 1.42. The van der Waals surface area contributed by atoms with Gasteiger partial charge in [-0.3, -0.25) is 19.6 Å². The Balaban J connectivity index is 1.90. The lowest BCUT2D eigenvalue weighted by Crippen LogP contribution is -2.33. The molecule has 1 fully saturated rings. The molecule has 1 aromatic heterocycles. The number of hydrogen-bond donors (Lipinski definition) is 1. The van der Waals surface area contributed by atoms with Crippen LogP contribution in [0.2, 0.25) is 0 Å². The van der Waals surface area contributed by atoms with E-state index >= 15 is 0 Å². The fourth-order valence-corrected chi connectivity index (χ4v) is 2.85. The summed E-state index contributed by atoms with van der Waals surface area (Å²) in [6.07, 6.45) is 8.75. The van der Waals surface area contributed by atoms with Crippen molar-refractivity contribution in [3.63, 3.8) is 0 Å². The topological polar surface area (TPSA) is 66.1 Å². The Morgan fingerprint density at radius 2 is 1.89 bits per heavy atom. The van der Waals surface area contributed by atoms with Crippen LogP contribution in [0.25, 0.3) is 0 Å². The van der Waals surface area contributed by atoms with Crippen LogP contribution < -0.4 is 0 Å². The molecule has 3 rings (SSSR count). The molecule has 0 spiro atoms. The van der Waals surface area contributed by atoms with Gasteiger partial charge in [0.15, 0.2) is 0 Å². The largest absolute Gasteiger partial charge is 0.285 e. The summed E-state index contributed by atoms with van der Waals surface area (Å²) in [4.78, 5) is 26.1. The fourth-order valence-electron chi connectivity index (χ4n) is 2.85. The average Bonchev–Trinajstić information content (AvgIpc) is 2.99. The van der Waals surface area contributed by atoms with Crippen molar-refractivity contribution in [2.45, 2.75) is 25.8 Å². The summed E-state index contributed by atoms with van der Waals surface area (Å²) in [6, 6.07) is -0.241. The van der Waals surface area contributed by atoms with Crippen molar-refractivity contribution in [2.24, 2.45) is 11.8 Å². The molecule has 2 aliphatic rings. The lowest BCUT2D eigenvalue weighted by molar-refractivity contribution is -0.142. The molecule has 0 saturated carbocycles. The highest BCUT2D eigenvalue weighted by molar-refractivity contribution is 6.05. The number of rotatable bonds is 2. The Morgan fingerprint density at radius 1 is 1.28 bits per heavy atom. The van der Waals surface area contributed by atoms with Gasteiger partial charge in [-0.25, -0.2) is 0 Å². The zero-order valence-electron chi connectivity index (χ0n) is 10.2. The van der Waals surface area contributed by atoms with Crippen molar-refractivity contribution in [3.05, 3.63) is 30.1 Å². The third-order valence-corrected chi connectivity index (χ3v) is 3.93. The van der Waals surface area contributed by atoms with Crippen molar-refractivity contribution >= 4 is 11.8 Å². The van der Waals surface area contributed by atoms with Gasteiger partial charge in [0.25, 0.3) is 0 Å². The number of aromatic nitrogens is 2. The highest BCUT2D eigenvalue weighted by atomic mass is 16.2. The monoisotopic (exact) mass is 245 g/mol. The van der Waals surface area contributed by atoms with E-state index in [1.807, 2.05) is 19.1 Å². The highest BCUT2D eigenvalue weighted by Crippen LogP contribution is 2.38. The molecule has 1 aromatic rings. The number of imide groups is 1. The molecule has 1 saturated heterocycles. The maximum atomic E-state index is 12.3. The fraction of sp³-hybridized carbons (Fsp3) is 0.462. The summed E-state index contributed by atoms with van der Waals surface area (Å²) in [5.74, 6) is -0.389. The molecule has 1 aliphatic carbocycles. The number of carbonyl (C=O) groups is 2. The van der Waals surface area contributed by atoms with Crippen LogP contribution >= 0.6 is 0 Å². The van der Waals surface area contributed by atoms with Crippen LogP contribution in [0.4, 0.5) is 0 Å². The summed E-state index contributed by atoms with van der Waals surface area (Å²) in [5.41, 5.74) is 0.864. The van der Waals surface area contributed by atoms with E-state index in [4.69, 9.17) is 0 Å². The number of nitrogens with one attached hydrogen (secondary N) is 1.